The molecule has 1 aliphatic rings. The Morgan fingerprint density at radius 3 is 2.81 bits per heavy atom. The Bertz CT molecular complexity index is 522. The highest BCUT2D eigenvalue weighted by molar-refractivity contribution is 7.91. The molecule has 1 saturated carbocycles. The summed E-state index contributed by atoms with van der Waals surface area (Å²) in [6.07, 6.45) is 6.25. The molecule has 0 bridgehead atoms. The number of rotatable bonds is 8. The van der Waals surface area contributed by atoms with Gasteiger partial charge in [-0.05, 0) is 36.9 Å². The maximum atomic E-state index is 12.1. The molecule has 2 N–H and O–H groups in total. The molecule has 0 spiro atoms. The van der Waals surface area contributed by atoms with Gasteiger partial charge < -0.3 is 10.1 Å². The summed E-state index contributed by atoms with van der Waals surface area (Å²) in [7, 11) is -1.56. The topological polar surface area (TPSA) is 67.4 Å². The van der Waals surface area contributed by atoms with E-state index in [1.165, 1.54) is 30.6 Å². The van der Waals surface area contributed by atoms with Gasteiger partial charge in [-0.3, -0.25) is 0 Å². The molecule has 0 aliphatic heterocycles. The molecule has 2 rings (SSSR count). The predicted molar refractivity (Wildman–Crippen MR) is 85.1 cm³/mol. The molecule has 1 heterocycles. The second-order valence-corrected chi connectivity index (χ2v) is 8.24. The van der Waals surface area contributed by atoms with E-state index in [0.29, 0.717) is 30.0 Å². The maximum absolute atomic E-state index is 12.1. The van der Waals surface area contributed by atoms with E-state index in [1.54, 1.807) is 6.07 Å². The first-order valence-electron chi connectivity index (χ1n) is 7.45. The maximum Gasteiger partial charge on any atom is 0.250 e. The van der Waals surface area contributed by atoms with Crippen LogP contribution in [0.2, 0.25) is 0 Å². The number of nitrogens with one attached hydrogen (secondary N) is 2. The Kier molecular flexibility index (Phi) is 6.63. The highest BCUT2D eigenvalue weighted by Crippen LogP contribution is 2.21. The van der Waals surface area contributed by atoms with Crippen molar-refractivity contribution in [1.82, 2.24) is 10.0 Å². The van der Waals surface area contributed by atoms with E-state index in [1.807, 2.05) is 12.4 Å². The predicted octanol–water partition coefficient (Wildman–Crippen LogP) is 2.10. The van der Waals surface area contributed by atoms with Crippen LogP contribution in [-0.2, 0) is 21.3 Å². The van der Waals surface area contributed by atoms with Gasteiger partial charge in [0.2, 0.25) is 10.0 Å². The van der Waals surface area contributed by atoms with Crippen LogP contribution in [0, 0.1) is 0 Å². The Hall–Kier alpha value is -0.470. The molecule has 120 valence electrons. The fraction of sp³-hybridized carbons (Fsp3) is 0.714. The second-order valence-electron chi connectivity index (χ2n) is 5.33. The van der Waals surface area contributed by atoms with Crippen molar-refractivity contribution in [3.8, 4) is 0 Å². The molecule has 0 saturated heterocycles. The highest BCUT2D eigenvalue weighted by atomic mass is 32.2. The number of ether oxygens (including phenoxy) is 1. The molecule has 1 aromatic heterocycles. The molecule has 21 heavy (non-hydrogen) atoms. The molecule has 5 nitrogen and oxygen atoms in total. The number of hydrogen-bond donors (Lipinski definition) is 2. The van der Waals surface area contributed by atoms with E-state index in [9.17, 15) is 8.42 Å². The molecule has 0 unspecified atom stereocenters. The van der Waals surface area contributed by atoms with Crippen molar-refractivity contribution in [2.24, 2.45) is 0 Å². The fourth-order valence-corrected chi connectivity index (χ4v) is 4.76. The third-order valence-electron chi connectivity index (χ3n) is 3.58. The van der Waals surface area contributed by atoms with E-state index in [4.69, 9.17) is 4.74 Å². The minimum absolute atomic E-state index is 0.312. The van der Waals surface area contributed by atoms with Gasteiger partial charge in [0, 0.05) is 13.1 Å². The molecule has 1 aromatic rings. The van der Waals surface area contributed by atoms with Gasteiger partial charge in [0.25, 0.3) is 0 Å². The van der Waals surface area contributed by atoms with Crippen molar-refractivity contribution in [1.29, 1.82) is 0 Å². The van der Waals surface area contributed by atoms with E-state index >= 15 is 0 Å². The summed E-state index contributed by atoms with van der Waals surface area (Å²) in [5, 5.41) is 4.87. The molecule has 7 heteroatoms. The molecule has 0 radical (unpaired) electrons. The van der Waals surface area contributed by atoms with Crippen LogP contribution in [0.15, 0.2) is 15.7 Å². The third-order valence-corrected chi connectivity index (χ3v) is 6.52. The fourth-order valence-electron chi connectivity index (χ4n) is 2.50. The van der Waals surface area contributed by atoms with Gasteiger partial charge in [-0.25, -0.2) is 13.1 Å². The lowest BCUT2D eigenvalue weighted by atomic mass is 9.98. The van der Waals surface area contributed by atoms with Crippen molar-refractivity contribution in [3.05, 3.63) is 17.0 Å². The van der Waals surface area contributed by atoms with E-state index in [0.717, 1.165) is 18.4 Å². The van der Waals surface area contributed by atoms with Gasteiger partial charge in [-0.15, -0.1) is 11.3 Å². The SMILES string of the molecule is CNCc1csc(S(=O)(=O)NCCOC2CCCCC2)c1. The van der Waals surface area contributed by atoms with Gasteiger partial charge >= 0.3 is 0 Å². The summed E-state index contributed by atoms with van der Waals surface area (Å²) in [5.41, 5.74) is 0.987. The van der Waals surface area contributed by atoms with Crippen LogP contribution in [0.1, 0.15) is 37.7 Å². The molecule has 1 fully saturated rings. The number of hydrogen-bond acceptors (Lipinski definition) is 5. The Labute approximate surface area is 131 Å². The van der Waals surface area contributed by atoms with Gasteiger partial charge in [-0.1, -0.05) is 19.3 Å². The molecular formula is C14H24N2O3S2. The van der Waals surface area contributed by atoms with Gasteiger partial charge in [0.1, 0.15) is 4.21 Å². The second kappa shape index (κ2) is 8.24. The van der Waals surface area contributed by atoms with Crippen LogP contribution in [0.5, 0.6) is 0 Å². The standard InChI is InChI=1S/C14H24N2O3S2/c1-15-10-12-9-14(20-11-12)21(17,18)16-7-8-19-13-5-3-2-4-6-13/h9,11,13,15-16H,2-8,10H2,1H3. The van der Waals surface area contributed by atoms with E-state index < -0.39 is 10.0 Å². The number of thiophene rings is 1. The van der Waals surface area contributed by atoms with E-state index in [2.05, 4.69) is 10.0 Å². The summed E-state index contributed by atoms with van der Waals surface area (Å²) >= 11 is 1.25. The zero-order valence-corrected chi connectivity index (χ0v) is 14.1. The van der Waals surface area contributed by atoms with Crippen molar-refractivity contribution in [2.45, 2.75) is 49.0 Å². The number of sulfonamides is 1. The summed E-state index contributed by atoms with van der Waals surface area (Å²) < 4.78 is 32.9. The lowest BCUT2D eigenvalue weighted by molar-refractivity contribution is 0.0321. The van der Waals surface area contributed by atoms with E-state index in [-0.39, 0.29) is 0 Å². The zero-order chi connectivity index (χ0) is 15.1. The minimum Gasteiger partial charge on any atom is -0.377 e. The molecule has 0 atom stereocenters. The average molecular weight is 332 g/mol. The first-order valence-corrected chi connectivity index (χ1v) is 9.81. The van der Waals surface area contributed by atoms with Crippen LogP contribution in [0.4, 0.5) is 0 Å². The van der Waals surface area contributed by atoms with Crippen molar-refractivity contribution < 1.29 is 13.2 Å². The molecule has 0 amide bonds. The Morgan fingerprint density at radius 2 is 2.10 bits per heavy atom. The average Bonchev–Trinajstić information content (AvgIpc) is 2.95. The van der Waals surface area contributed by atoms with Gasteiger partial charge in [-0.2, -0.15) is 0 Å². The quantitative estimate of drug-likeness (QED) is 0.716. The lowest BCUT2D eigenvalue weighted by Crippen LogP contribution is -2.29. The van der Waals surface area contributed by atoms with Crippen LogP contribution in [0.25, 0.3) is 0 Å². The highest BCUT2D eigenvalue weighted by Gasteiger charge is 2.17. The smallest absolute Gasteiger partial charge is 0.250 e. The molecule has 0 aromatic carbocycles. The monoisotopic (exact) mass is 332 g/mol. The first kappa shape index (κ1) is 16.9. The van der Waals surface area contributed by atoms with Gasteiger partial charge in [0.05, 0.1) is 12.7 Å². The lowest BCUT2D eigenvalue weighted by Gasteiger charge is -2.21. The summed E-state index contributed by atoms with van der Waals surface area (Å²) in [6.45, 7) is 1.45. The molecule has 1 aliphatic carbocycles. The zero-order valence-electron chi connectivity index (χ0n) is 12.4. The normalized spacial score (nSPS) is 17.2. The Balaban J connectivity index is 1.75. The third kappa shape index (κ3) is 5.34. The van der Waals surface area contributed by atoms with Crippen molar-refractivity contribution in [3.63, 3.8) is 0 Å². The minimum atomic E-state index is -3.40. The van der Waals surface area contributed by atoms with Crippen molar-refractivity contribution >= 4 is 21.4 Å². The summed E-state index contributed by atoms with van der Waals surface area (Å²) in [5.74, 6) is 0. The van der Waals surface area contributed by atoms with Crippen molar-refractivity contribution in [2.75, 3.05) is 20.2 Å². The van der Waals surface area contributed by atoms with Crippen LogP contribution >= 0.6 is 11.3 Å². The van der Waals surface area contributed by atoms with Crippen LogP contribution < -0.4 is 10.0 Å². The molecular weight excluding hydrogens is 308 g/mol. The first-order chi connectivity index (χ1) is 10.1. The summed E-state index contributed by atoms with van der Waals surface area (Å²) in [4.78, 5) is 0. The van der Waals surface area contributed by atoms with Crippen LogP contribution in [-0.4, -0.2) is 34.7 Å². The Morgan fingerprint density at radius 1 is 1.33 bits per heavy atom. The van der Waals surface area contributed by atoms with Crippen LogP contribution in [0.3, 0.4) is 0 Å². The van der Waals surface area contributed by atoms with Gasteiger partial charge in [0.15, 0.2) is 0 Å². The summed E-state index contributed by atoms with van der Waals surface area (Å²) in [6, 6.07) is 1.71. The largest absolute Gasteiger partial charge is 0.377 e.